The lowest BCUT2D eigenvalue weighted by atomic mass is 9.80. The molecule has 0 N–H and O–H groups in total. The van der Waals surface area contributed by atoms with Crippen molar-refractivity contribution in [1.29, 1.82) is 0 Å². The predicted molar refractivity (Wildman–Crippen MR) is 105 cm³/mol. The van der Waals surface area contributed by atoms with E-state index in [4.69, 9.17) is 11.6 Å². The van der Waals surface area contributed by atoms with Gasteiger partial charge in [0.25, 0.3) is 0 Å². The first-order valence-corrected chi connectivity index (χ1v) is 11.3. The molecule has 1 aliphatic rings. The molecule has 0 saturated heterocycles. The largest absolute Gasteiger partial charge is 0.296 e. The van der Waals surface area contributed by atoms with Crippen molar-refractivity contribution in [3.05, 3.63) is 34.1 Å². The second kappa shape index (κ2) is 6.82. The van der Waals surface area contributed by atoms with E-state index in [1.54, 1.807) is 4.68 Å². The molecule has 2 aromatic rings. The van der Waals surface area contributed by atoms with E-state index in [0.717, 1.165) is 34.5 Å². The number of benzene rings is 1. The summed E-state index contributed by atoms with van der Waals surface area (Å²) in [5.74, 6) is 0.890. The lowest BCUT2D eigenvalue weighted by Crippen LogP contribution is -2.28. The Labute approximate surface area is 158 Å². The molecule has 1 aliphatic heterocycles. The van der Waals surface area contributed by atoms with Gasteiger partial charge in [0, 0.05) is 22.8 Å². The Kier molecular flexibility index (Phi) is 5.06. The van der Waals surface area contributed by atoms with E-state index in [9.17, 15) is 9.00 Å². The Morgan fingerprint density at radius 1 is 1.44 bits per heavy atom. The third kappa shape index (κ3) is 2.94. The minimum atomic E-state index is -0.376. The first kappa shape index (κ1) is 18.5. The highest BCUT2D eigenvalue weighted by Gasteiger charge is 2.32. The molecular formula is C18H21ClN2O2S2. The fraction of sp³-hybridized carbons (Fsp3) is 0.444. The minimum Gasteiger partial charge on any atom is -0.296 e. The summed E-state index contributed by atoms with van der Waals surface area (Å²) in [6.45, 7) is 9.00. The van der Waals surface area contributed by atoms with Gasteiger partial charge < -0.3 is 0 Å². The topological polar surface area (TPSA) is 52.0 Å². The summed E-state index contributed by atoms with van der Waals surface area (Å²) in [4.78, 5) is 12.6. The highest BCUT2D eigenvalue weighted by Crippen LogP contribution is 2.43. The zero-order valence-electron chi connectivity index (χ0n) is 14.8. The van der Waals surface area contributed by atoms with Crippen LogP contribution in [0.5, 0.6) is 0 Å². The predicted octanol–water partition coefficient (Wildman–Crippen LogP) is 4.13. The van der Waals surface area contributed by atoms with Gasteiger partial charge in [-0.25, -0.2) is 4.21 Å². The van der Waals surface area contributed by atoms with E-state index >= 15 is 0 Å². The fourth-order valence-electron chi connectivity index (χ4n) is 3.44. The first-order valence-electron chi connectivity index (χ1n) is 8.22. The van der Waals surface area contributed by atoms with Crippen molar-refractivity contribution in [3.8, 4) is 11.1 Å². The maximum Gasteiger partial charge on any atom is 0.171 e. The number of fused-ring (bicyclic) bond motifs is 1. The van der Waals surface area contributed by atoms with Crippen LogP contribution in [0.3, 0.4) is 0 Å². The molecule has 0 aliphatic carbocycles. The van der Waals surface area contributed by atoms with Crippen LogP contribution in [0.2, 0.25) is 5.15 Å². The first-order chi connectivity index (χ1) is 11.9. The molecule has 2 heterocycles. The molecular weight excluding hydrogens is 376 g/mol. The van der Waals surface area contributed by atoms with Crippen molar-refractivity contribution in [2.45, 2.75) is 51.0 Å². The molecule has 134 valence electrons. The Balaban J connectivity index is 2.34. The van der Waals surface area contributed by atoms with E-state index in [-0.39, 0.29) is 14.9 Å². The Bertz CT molecular complexity index is 928. The van der Waals surface area contributed by atoms with E-state index in [0.29, 0.717) is 33.2 Å². The van der Waals surface area contributed by atoms with E-state index in [1.165, 1.54) is 5.56 Å². The summed E-state index contributed by atoms with van der Waals surface area (Å²) in [6.07, 6.45) is 1.75. The van der Waals surface area contributed by atoms with Gasteiger partial charge in [0.2, 0.25) is 0 Å². The Morgan fingerprint density at radius 2 is 2.16 bits per heavy atom. The van der Waals surface area contributed by atoms with E-state index in [2.05, 4.69) is 25.0 Å². The van der Waals surface area contributed by atoms with Crippen LogP contribution in [0.1, 0.15) is 48.8 Å². The van der Waals surface area contributed by atoms with Crippen LogP contribution in [-0.2, 0) is 31.6 Å². The normalized spacial score (nSPS) is 18.7. The zero-order chi connectivity index (χ0) is 18.4. The van der Waals surface area contributed by atoms with Crippen molar-refractivity contribution in [1.82, 2.24) is 9.78 Å². The summed E-state index contributed by atoms with van der Waals surface area (Å²) in [6, 6.07) is 4.12. The molecule has 0 radical (unpaired) electrons. The van der Waals surface area contributed by atoms with Crippen molar-refractivity contribution < 1.29 is 9.00 Å². The number of carbonyl (C=O) groups is 1. The molecule has 0 amide bonds. The second-order valence-electron chi connectivity index (χ2n) is 6.85. The van der Waals surface area contributed by atoms with Gasteiger partial charge in [0.1, 0.15) is 21.1 Å². The third-order valence-electron chi connectivity index (χ3n) is 4.96. The van der Waals surface area contributed by atoms with E-state index < -0.39 is 0 Å². The lowest BCUT2D eigenvalue weighted by Gasteiger charge is -2.34. The monoisotopic (exact) mass is 396 g/mol. The van der Waals surface area contributed by atoms with Crippen LogP contribution in [-0.4, -0.2) is 26.0 Å². The molecule has 4 nitrogen and oxygen atoms in total. The number of aryl methyl sites for hydroxylation is 1. The standard InChI is InChI=1S/C18H21ClN2O2S2/c1-5-21-17(19)15(14(10-22)20-21)12-6-7-13-16(11(12)2)25(24-23)9-8-18(13,3)4/h6-7,10H,5,8-9H2,1-4H3. The summed E-state index contributed by atoms with van der Waals surface area (Å²) >= 11 is 6.50. The van der Waals surface area contributed by atoms with Gasteiger partial charge in [-0.05, 0) is 42.4 Å². The molecule has 1 aromatic heterocycles. The van der Waals surface area contributed by atoms with Crippen molar-refractivity contribution >= 4 is 37.6 Å². The SMILES string of the molecule is CCn1nc(C=O)c(-c2ccc3c(c2C)S(=S=O)CCC3(C)C)c1Cl. The molecule has 3 rings (SSSR count). The molecule has 0 saturated carbocycles. The number of carbonyl (C=O) groups excluding carboxylic acids is 1. The van der Waals surface area contributed by atoms with Crippen molar-refractivity contribution in [2.24, 2.45) is 0 Å². The maximum absolute atomic E-state index is 11.7. The molecule has 25 heavy (non-hydrogen) atoms. The van der Waals surface area contributed by atoms with Gasteiger partial charge in [-0.1, -0.05) is 47.0 Å². The molecule has 0 bridgehead atoms. The zero-order valence-corrected chi connectivity index (χ0v) is 17.1. The molecule has 1 atom stereocenters. The van der Waals surface area contributed by atoms with Gasteiger partial charge >= 0.3 is 0 Å². The average molecular weight is 397 g/mol. The number of halogens is 1. The number of nitrogens with zero attached hydrogens (tertiary/aromatic N) is 2. The number of hydrogen-bond donors (Lipinski definition) is 0. The summed E-state index contributed by atoms with van der Waals surface area (Å²) < 4.78 is 13.4. The summed E-state index contributed by atoms with van der Waals surface area (Å²) in [7, 11) is 0.309. The van der Waals surface area contributed by atoms with Crippen molar-refractivity contribution in [3.63, 3.8) is 0 Å². The molecule has 0 spiro atoms. The number of rotatable bonds is 3. The van der Waals surface area contributed by atoms with Gasteiger partial charge in [-0.2, -0.15) is 5.10 Å². The molecule has 7 heteroatoms. The number of aldehydes is 1. The van der Waals surface area contributed by atoms with E-state index in [1.807, 2.05) is 19.9 Å². The van der Waals surface area contributed by atoms with Crippen LogP contribution >= 0.6 is 11.6 Å². The van der Waals surface area contributed by atoms with Gasteiger partial charge in [0.05, 0.1) is 0 Å². The molecule has 1 unspecified atom stereocenters. The Morgan fingerprint density at radius 3 is 2.76 bits per heavy atom. The molecule has 0 fully saturated rings. The van der Waals surface area contributed by atoms with Crippen LogP contribution < -0.4 is 0 Å². The summed E-state index contributed by atoms with van der Waals surface area (Å²) in [5.41, 5.74) is 4.23. The fourth-order valence-corrected chi connectivity index (χ4v) is 7.18. The smallest absolute Gasteiger partial charge is 0.171 e. The highest BCUT2D eigenvalue weighted by atomic mass is 35.5. The van der Waals surface area contributed by atoms with Gasteiger partial charge in [0.15, 0.2) is 6.29 Å². The minimum absolute atomic E-state index is 0.0444. The Hall–Kier alpha value is -1.24. The van der Waals surface area contributed by atoms with Gasteiger partial charge in [-0.3, -0.25) is 9.48 Å². The van der Waals surface area contributed by atoms with Crippen LogP contribution in [0.25, 0.3) is 11.1 Å². The van der Waals surface area contributed by atoms with Crippen LogP contribution in [0, 0.1) is 6.92 Å². The number of aromatic nitrogens is 2. The second-order valence-corrected chi connectivity index (χ2v) is 10.5. The third-order valence-corrected chi connectivity index (χ3v) is 8.55. The summed E-state index contributed by atoms with van der Waals surface area (Å²) in [5, 5.41) is 4.77. The van der Waals surface area contributed by atoms with Crippen LogP contribution in [0.15, 0.2) is 17.0 Å². The van der Waals surface area contributed by atoms with Gasteiger partial charge in [-0.15, -0.1) is 0 Å². The highest BCUT2D eigenvalue weighted by molar-refractivity contribution is 8.31. The molecule has 1 aromatic carbocycles. The van der Waals surface area contributed by atoms with Crippen LogP contribution in [0.4, 0.5) is 0 Å². The lowest BCUT2D eigenvalue weighted by molar-refractivity contribution is 0.111. The maximum atomic E-state index is 11.7. The quantitative estimate of drug-likeness (QED) is 0.733. The van der Waals surface area contributed by atoms with Crippen molar-refractivity contribution in [2.75, 3.05) is 5.75 Å². The number of hydrogen-bond acceptors (Lipinski definition) is 3. The average Bonchev–Trinajstić information content (AvgIpc) is 2.91.